The molecule has 0 saturated carbocycles. The molecule has 42 heavy (non-hydrogen) atoms. The van der Waals surface area contributed by atoms with E-state index in [-0.39, 0.29) is 11.5 Å². The zero-order valence-electron chi connectivity index (χ0n) is 22.1. The number of hydrogen-bond donors (Lipinski definition) is 2. The number of carbonyl (C=O) groups excluding carboxylic acids is 1. The zero-order chi connectivity index (χ0) is 28.4. The highest BCUT2D eigenvalue weighted by Gasteiger charge is 2.24. The molecule has 8 rings (SSSR count). The lowest BCUT2D eigenvalue weighted by molar-refractivity contribution is 0.104. The van der Waals surface area contributed by atoms with Crippen LogP contribution in [0.4, 0.5) is 8.63 Å². The van der Waals surface area contributed by atoms with Crippen LogP contribution in [0.25, 0.3) is 70.7 Å². The Balaban J connectivity index is 1.31. The summed E-state index contributed by atoms with van der Waals surface area (Å²) in [6.45, 7) is 0. The average Bonchev–Trinajstić information content (AvgIpc) is 3.68. The van der Waals surface area contributed by atoms with Crippen LogP contribution in [0.1, 0.15) is 16.2 Å². The number of H-pyrrole nitrogens is 2. The second-order valence-electron chi connectivity index (χ2n) is 10.4. The third-order valence-corrected chi connectivity index (χ3v) is 8.05. The first-order chi connectivity index (χ1) is 20.6. The number of benzene rings is 6. The van der Waals surface area contributed by atoms with Crippen molar-refractivity contribution < 1.29 is 18.1 Å². The Labute approximate surface area is 238 Å². The minimum absolute atomic E-state index is 0.229. The van der Waals surface area contributed by atoms with Gasteiger partial charge in [-0.1, -0.05) is 97.1 Å². The number of aromatic nitrogens is 2. The van der Waals surface area contributed by atoms with E-state index in [0.717, 1.165) is 71.0 Å². The topological polar surface area (TPSA) is 57.9 Å². The van der Waals surface area contributed by atoms with Crippen molar-refractivity contribution in [3.05, 3.63) is 127 Å². The SMILES string of the molecule is O=C(/C=C(\OB(F)F)c1cc2c3ccccc3c3ccccc3c2[nH]1)c1cc2c3ccccc3c3ccccc3c2[nH]1. The molecule has 0 saturated heterocycles. The summed E-state index contributed by atoms with van der Waals surface area (Å²) >= 11 is 0. The molecule has 0 spiro atoms. The van der Waals surface area contributed by atoms with Crippen molar-refractivity contribution in [1.82, 2.24) is 9.97 Å². The average molecular weight is 550 g/mol. The highest BCUT2D eigenvalue weighted by atomic mass is 19.2. The van der Waals surface area contributed by atoms with Crippen LogP contribution in [-0.2, 0) is 4.65 Å². The van der Waals surface area contributed by atoms with Crippen molar-refractivity contribution in [2.45, 2.75) is 0 Å². The van der Waals surface area contributed by atoms with Crippen LogP contribution < -0.4 is 0 Å². The first kappa shape index (κ1) is 24.4. The lowest BCUT2D eigenvalue weighted by atomic mass is 9.98. The van der Waals surface area contributed by atoms with E-state index >= 15 is 0 Å². The summed E-state index contributed by atoms with van der Waals surface area (Å²) in [5.41, 5.74) is 2.20. The molecule has 0 bridgehead atoms. The molecule has 0 radical (unpaired) electrons. The summed E-state index contributed by atoms with van der Waals surface area (Å²) in [5, 5.41) is 9.91. The van der Waals surface area contributed by atoms with E-state index in [2.05, 4.69) is 22.1 Å². The second-order valence-corrected chi connectivity index (χ2v) is 10.4. The predicted molar refractivity (Wildman–Crippen MR) is 168 cm³/mol. The molecule has 2 heterocycles. The van der Waals surface area contributed by atoms with Gasteiger partial charge in [-0.15, -0.1) is 0 Å². The number of rotatable bonds is 5. The number of allylic oxidation sites excluding steroid dienone is 1. The zero-order valence-corrected chi connectivity index (χ0v) is 22.1. The Kier molecular flexibility index (Phi) is 5.41. The van der Waals surface area contributed by atoms with E-state index < -0.39 is 13.3 Å². The van der Waals surface area contributed by atoms with Gasteiger partial charge in [0.25, 0.3) is 0 Å². The van der Waals surface area contributed by atoms with E-state index in [4.69, 9.17) is 4.65 Å². The summed E-state index contributed by atoms with van der Waals surface area (Å²) < 4.78 is 32.4. The van der Waals surface area contributed by atoms with E-state index in [1.54, 1.807) is 12.1 Å². The van der Waals surface area contributed by atoms with Crippen molar-refractivity contribution in [2.24, 2.45) is 0 Å². The Hall–Kier alpha value is -5.43. The molecule has 7 heteroatoms. The molecule has 0 amide bonds. The van der Waals surface area contributed by atoms with E-state index in [1.807, 2.05) is 84.9 Å². The molecule has 0 aliphatic heterocycles. The summed E-state index contributed by atoms with van der Waals surface area (Å²) in [6, 6.07) is 35.5. The summed E-state index contributed by atoms with van der Waals surface area (Å²) in [7, 11) is -3.11. The Morgan fingerprint density at radius 3 is 1.36 bits per heavy atom. The van der Waals surface area contributed by atoms with Crippen LogP contribution in [0, 0.1) is 0 Å². The molecular formula is C35H21BF2N2O2. The molecule has 0 aliphatic rings. The fourth-order valence-electron chi connectivity index (χ4n) is 6.27. The number of fused-ring (bicyclic) bond motifs is 12. The van der Waals surface area contributed by atoms with Gasteiger partial charge in [0.2, 0.25) is 5.78 Å². The molecule has 0 unspecified atom stereocenters. The maximum absolute atomic E-state index is 13.7. The van der Waals surface area contributed by atoms with Crippen molar-refractivity contribution in [3.63, 3.8) is 0 Å². The summed E-state index contributed by atoms with van der Waals surface area (Å²) in [6.07, 6.45) is 1.14. The number of nitrogens with one attached hydrogen (secondary N) is 2. The van der Waals surface area contributed by atoms with Crippen molar-refractivity contribution in [1.29, 1.82) is 0 Å². The smallest absolute Gasteiger partial charge is 0.503 e. The van der Waals surface area contributed by atoms with E-state index in [1.165, 1.54) is 0 Å². The molecular weight excluding hydrogens is 529 g/mol. The summed E-state index contributed by atoms with van der Waals surface area (Å²) in [4.78, 5) is 20.2. The minimum Gasteiger partial charge on any atom is -0.503 e. The molecule has 0 aliphatic carbocycles. The predicted octanol–water partition coefficient (Wildman–Crippen LogP) is 9.43. The molecule has 8 aromatic rings. The Morgan fingerprint density at radius 2 is 0.905 bits per heavy atom. The van der Waals surface area contributed by atoms with Crippen molar-refractivity contribution in [3.8, 4) is 0 Å². The van der Waals surface area contributed by atoms with Gasteiger partial charge in [0.05, 0.1) is 22.4 Å². The van der Waals surface area contributed by atoms with E-state index in [0.29, 0.717) is 5.69 Å². The van der Waals surface area contributed by atoms with Gasteiger partial charge in [0.15, 0.2) is 0 Å². The molecule has 0 atom stereocenters. The molecule has 2 aromatic heterocycles. The highest BCUT2D eigenvalue weighted by Crippen LogP contribution is 2.38. The van der Waals surface area contributed by atoms with Crippen LogP contribution in [-0.4, -0.2) is 23.2 Å². The van der Waals surface area contributed by atoms with Gasteiger partial charge in [0, 0.05) is 27.6 Å². The van der Waals surface area contributed by atoms with Crippen LogP contribution in [0.2, 0.25) is 0 Å². The number of carbonyl (C=O) groups is 1. The van der Waals surface area contributed by atoms with Crippen LogP contribution in [0.3, 0.4) is 0 Å². The van der Waals surface area contributed by atoms with Crippen LogP contribution >= 0.6 is 0 Å². The van der Waals surface area contributed by atoms with Crippen molar-refractivity contribution >= 4 is 83.9 Å². The lowest BCUT2D eigenvalue weighted by Crippen LogP contribution is -2.07. The quantitative estimate of drug-likeness (QED) is 0.0738. The lowest BCUT2D eigenvalue weighted by Gasteiger charge is -2.06. The molecule has 4 nitrogen and oxygen atoms in total. The normalized spacial score (nSPS) is 12.3. The first-order valence-corrected chi connectivity index (χ1v) is 13.6. The second kappa shape index (κ2) is 9.31. The molecule has 200 valence electrons. The molecule has 0 fully saturated rings. The number of hydrogen-bond acceptors (Lipinski definition) is 2. The van der Waals surface area contributed by atoms with Gasteiger partial charge in [-0.05, 0) is 44.5 Å². The fraction of sp³-hybridized carbons (Fsp3) is 0. The number of aromatic amines is 2. The molecule has 6 aromatic carbocycles. The summed E-state index contributed by atoms with van der Waals surface area (Å²) in [5.74, 6) is -0.698. The fourth-order valence-corrected chi connectivity index (χ4v) is 6.27. The standard InChI is InChI=1S/C35H21BF2N2O2/c37-36(38)42-33(31-18-29-25-14-4-2-10-21(25)23-12-6-8-16-27(23)35(29)40-31)19-32(41)30-17-28-24-13-3-1-9-20(24)22-11-5-7-15-26(22)34(28)39-30/h1-19,39-40H/b33-19-. The van der Waals surface area contributed by atoms with Gasteiger partial charge in [0.1, 0.15) is 5.76 Å². The third-order valence-electron chi connectivity index (χ3n) is 8.05. The highest BCUT2D eigenvalue weighted by molar-refractivity contribution is 6.36. The van der Waals surface area contributed by atoms with Crippen LogP contribution in [0.15, 0.2) is 115 Å². The Morgan fingerprint density at radius 1 is 0.548 bits per heavy atom. The Bertz CT molecular complexity index is 2260. The molecule has 2 N–H and O–H groups in total. The van der Waals surface area contributed by atoms with Gasteiger partial charge in [-0.3, -0.25) is 4.79 Å². The van der Waals surface area contributed by atoms with Gasteiger partial charge in [-0.2, -0.15) is 0 Å². The largest absolute Gasteiger partial charge is 0.796 e. The van der Waals surface area contributed by atoms with Crippen LogP contribution in [0.5, 0.6) is 0 Å². The van der Waals surface area contributed by atoms with Crippen molar-refractivity contribution in [2.75, 3.05) is 0 Å². The maximum Gasteiger partial charge on any atom is 0.796 e. The van der Waals surface area contributed by atoms with Gasteiger partial charge >= 0.3 is 7.47 Å². The third kappa shape index (κ3) is 3.70. The van der Waals surface area contributed by atoms with Gasteiger partial charge < -0.3 is 14.6 Å². The maximum atomic E-state index is 13.7. The number of halogens is 2. The minimum atomic E-state index is -3.11. The van der Waals surface area contributed by atoms with E-state index in [9.17, 15) is 13.4 Å². The first-order valence-electron chi connectivity index (χ1n) is 13.6. The number of ketones is 1. The van der Waals surface area contributed by atoms with Gasteiger partial charge in [-0.25, -0.2) is 8.63 Å². The monoisotopic (exact) mass is 550 g/mol.